The number of rotatable bonds is 4. The first-order chi connectivity index (χ1) is 27.3. The molecule has 0 amide bonds. The largest absolute Gasteiger partial charge is 0.308 e. The molecule has 0 saturated heterocycles. The fraction of sp³-hybridized carbons (Fsp3) is 0.0192. The van der Waals surface area contributed by atoms with Gasteiger partial charge in [-0.1, -0.05) is 146 Å². The second kappa shape index (κ2) is 11.6. The van der Waals surface area contributed by atoms with Crippen LogP contribution in [0.4, 0.5) is 17.1 Å². The summed E-state index contributed by atoms with van der Waals surface area (Å²) in [5.41, 5.74) is 15.6. The summed E-state index contributed by atoms with van der Waals surface area (Å²) in [5.74, 6) is 0. The Labute approximate surface area is 323 Å². The molecular weight excluding hydrogens is 685 g/mol. The maximum atomic E-state index is 5.20. The van der Waals surface area contributed by atoms with Gasteiger partial charge >= 0.3 is 0 Å². The van der Waals surface area contributed by atoms with E-state index in [-0.39, 0.29) is 0 Å². The second-order valence-electron chi connectivity index (χ2n) is 14.6. The molecule has 2 aliphatic carbocycles. The Balaban J connectivity index is 1.05. The molecule has 0 aliphatic heterocycles. The summed E-state index contributed by atoms with van der Waals surface area (Å²) in [5, 5.41) is 5.08. The summed E-state index contributed by atoms with van der Waals surface area (Å²) in [6.45, 7) is 0. The van der Waals surface area contributed by atoms with Crippen molar-refractivity contribution in [2.45, 2.75) is 5.41 Å². The van der Waals surface area contributed by atoms with Gasteiger partial charge in [-0.15, -0.1) is 11.3 Å². The zero-order valence-electron chi connectivity index (χ0n) is 29.8. The fourth-order valence-electron chi connectivity index (χ4n) is 9.66. The molecule has 12 rings (SSSR count). The predicted molar refractivity (Wildman–Crippen MR) is 231 cm³/mol. The number of thiophene rings is 1. The normalized spacial score (nSPS) is 15.0. The summed E-state index contributed by atoms with van der Waals surface area (Å²) >= 11 is 1.92. The summed E-state index contributed by atoms with van der Waals surface area (Å²) in [6, 6.07) is 68.9. The third-order valence-corrected chi connectivity index (χ3v) is 13.1. The van der Waals surface area contributed by atoms with Gasteiger partial charge < -0.3 is 4.90 Å². The van der Waals surface area contributed by atoms with Gasteiger partial charge in [0, 0.05) is 42.4 Å². The molecule has 256 valence electrons. The maximum Gasteiger partial charge on any atom is 0.0726 e. The van der Waals surface area contributed by atoms with Crippen molar-refractivity contribution in [2.24, 2.45) is 0 Å². The fourth-order valence-corrected chi connectivity index (χ4v) is 10.9. The first kappa shape index (κ1) is 30.6. The van der Waals surface area contributed by atoms with E-state index in [1.54, 1.807) is 0 Å². The first-order valence-electron chi connectivity index (χ1n) is 18.9. The number of pyridine rings is 1. The summed E-state index contributed by atoms with van der Waals surface area (Å²) in [7, 11) is 0. The quantitative estimate of drug-likeness (QED) is 0.180. The molecule has 2 aliphatic rings. The zero-order chi connectivity index (χ0) is 36.1. The summed E-state index contributed by atoms with van der Waals surface area (Å²) in [4.78, 5) is 7.52. The van der Waals surface area contributed by atoms with E-state index in [0.717, 1.165) is 28.3 Å². The van der Waals surface area contributed by atoms with Gasteiger partial charge in [0.2, 0.25) is 0 Å². The van der Waals surface area contributed by atoms with Crippen LogP contribution in [0.15, 0.2) is 194 Å². The Morgan fingerprint density at radius 1 is 0.455 bits per heavy atom. The van der Waals surface area contributed by atoms with E-state index >= 15 is 0 Å². The highest BCUT2D eigenvalue weighted by molar-refractivity contribution is 7.26. The van der Waals surface area contributed by atoms with Gasteiger partial charge in [-0.2, -0.15) is 0 Å². The van der Waals surface area contributed by atoms with E-state index in [2.05, 4.69) is 193 Å². The number of aromatic nitrogens is 1. The Hall–Kier alpha value is -6.81. The van der Waals surface area contributed by atoms with E-state index in [1.807, 2.05) is 17.5 Å². The molecule has 1 atom stereocenters. The van der Waals surface area contributed by atoms with Crippen molar-refractivity contribution < 1.29 is 0 Å². The topological polar surface area (TPSA) is 16.1 Å². The molecule has 0 bridgehead atoms. The van der Waals surface area contributed by atoms with Crippen LogP contribution < -0.4 is 4.90 Å². The summed E-state index contributed by atoms with van der Waals surface area (Å²) in [6.07, 6.45) is 2.03. The average Bonchev–Trinajstić information content (AvgIpc) is 3.88. The molecule has 2 heterocycles. The smallest absolute Gasteiger partial charge is 0.0726 e. The van der Waals surface area contributed by atoms with Crippen molar-refractivity contribution in [1.29, 1.82) is 0 Å². The highest BCUT2D eigenvalue weighted by Crippen LogP contribution is 2.64. The number of para-hydroxylation sites is 1. The van der Waals surface area contributed by atoms with Crippen LogP contribution in [-0.2, 0) is 5.41 Å². The third kappa shape index (κ3) is 4.22. The number of hydrogen-bond acceptors (Lipinski definition) is 3. The molecule has 1 unspecified atom stereocenters. The molecular formula is C52H32N2S. The minimum atomic E-state index is -0.434. The highest BCUT2D eigenvalue weighted by Gasteiger charge is 2.52. The predicted octanol–water partition coefficient (Wildman–Crippen LogP) is 14.1. The van der Waals surface area contributed by atoms with Gasteiger partial charge in [0.05, 0.1) is 28.7 Å². The van der Waals surface area contributed by atoms with Crippen molar-refractivity contribution in [2.75, 3.05) is 4.90 Å². The zero-order valence-corrected chi connectivity index (χ0v) is 30.6. The van der Waals surface area contributed by atoms with Crippen LogP contribution in [0.3, 0.4) is 0 Å². The van der Waals surface area contributed by atoms with Gasteiger partial charge in [0.25, 0.3) is 0 Å². The van der Waals surface area contributed by atoms with E-state index < -0.39 is 5.41 Å². The van der Waals surface area contributed by atoms with Crippen LogP contribution in [0.1, 0.15) is 22.3 Å². The molecule has 0 saturated carbocycles. The maximum absolute atomic E-state index is 5.20. The molecule has 0 N–H and O–H groups in total. The molecule has 2 nitrogen and oxygen atoms in total. The molecule has 55 heavy (non-hydrogen) atoms. The number of fused-ring (bicyclic) bond motifs is 15. The standard InChI is InChI=1S/C52H32N2S/c1-2-15-35(16-3-1)54(48-23-12-14-33-13-4-5-17-37(33)48)36-26-30-47(53-32-36)34-25-27-39-38-18-6-9-21-43(38)52(46(39)31-34)44-22-10-7-20-42(44)50-45(52)29-28-41-40-19-8-11-24-49(40)55-51(41)50/h1-32H. The van der Waals surface area contributed by atoms with Gasteiger partial charge in [0.15, 0.2) is 0 Å². The minimum Gasteiger partial charge on any atom is -0.308 e. The lowest BCUT2D eigenvalue weighted by Crippen LogP contribution is -2.25. The second-order valence-corrected chi connectivity index (χ2v) is 15.7. The van der Waals surface area contributed by atoms with Crippen LogP contribution >= 0.6 is 11.3 Å². The minimum absolute atomic E-state index is 0.434. The Bertz CT molecular complexity index is 3150. The first-order valence-corrected chi connectivity index (χ1v) is 19.7. The SMILES string of the molecule is c1ccc(N(c2ccc(-c3ccc4c(c3)C3(c5ccccc5-4)c4ccccc4-c4c3ccc3c4sc4ccccc43)nc2)c2cccc3ccccc23)cc1. The van der Waals surface area contributed by atoms with Crippen LogP contribution in [0.5, 0.6) is 0 Å². The molecule has 0 fully saturated rings. The van der Waals surface area contributed by atoms with Crippen LogP contribution in [0.2, 0.25) is 0 Å². The lowest BCUT2D eigenvalue weighted by atomic mass is 9.70. The Morgan fingerprint density at radius 2 is 1.16 bits per heavy atom. The lowest BCUT2D eigenvalue weighted by Gasteiger charge is -2.30. The van der Waals surface area contributed by atoms with Crippen LogP contribution in [0, 0.1) is 0 Å². The molecule has 3 heteroatoms. The monoisotopic (exact) mass is 716 g/mol. The molecule has 1 spiro atoms. The van der Waals surface area contributed by atoms with Crippen molar-refractivity contribution in [3.63, 3.8) is 0 Å². The Morgan fingerprint density at radius 3 is 2.02 bits per heavy atom. The van der Waals surface area contributed by atoms with Gasteiger partial charge in [-0.3, -0.25) is 4.98 Å². The van der Waals surface area contributed by atoms with E-state index in [9.17, 15) is 0 Å². The van der Waals surface area contributed by atoms with Crippen molar-refractivity contribution in [3.05, 3.63) is 217 Å². The summed E-state index contributed by atoms with van der Waals surface area (Å²) < 4.78 is 2.70. The average molecular weight is 717 g/mol. The third-order valence-electron chi connectivity index (χ3n) is 11.9. The van der Waals surface area contributed by atoms with E-state index in [0.29, 0.717) is 0 Å². The molecule has 0 radical (unpaired) electrons. The van der Waals surface area contributed by atoms with Gasteiger partial charge in [-0.25, -0.2) is 0 Å². The van der Waals surface area contributed by atoms with E-state index in [1.165, 1.54) is 75.5 Å². The van der Waals surface area contributed by atoms with Crippen LogP contribution in [-0.4, -0.2) is 4.98 Å². The molecule has 2 aromatic heterocycles. The lowest BCUT2D eigenvalue weighted by molar-refractivity contribution is 0.795. The number of nitrogens with zero attached hydrogens (tertiary/aromatic N) is 2. The number of hydrogen-bond donors (Lipinski definition) is 0. The van der Waals surface area contributed by atoms with Crippen molar-refractivity contribution in [3.8, 4) is 33.5 Å². The van der Waals surface area contributed by atoms with Gasteiger partial charge in [0.1, 0.15) is 0 Å². The number of anilines is 3. The van der Waals surface area contributed by atoms with Gasteiger partial charge in [-0.05, 0) is 86.8 Å². The molecule has 10 aromatic rings. The molecule has 8 aromatic carbocycles. The van der Waals surface area contributed by atoms with Crippen LogP contribution in [0.25, 0.3) is 64.5 Å². The van der Waals surface area contributed by atoms with E-state index in [4.69, 9.17) is 4.98 Å². The Kier molecular flexibility index (Phi) is 6.46. The number of benzene rings is 8. The van der Waals surface area contributed by atoms with Crippen molar-refractivity contribution in [1.82, 2.24) is 4.98 Å². The highest BCUT2D eigenvalue weighted by atomic mass is 32.1. The van der Waals surface area contributed by atoms with Crippen molar-refractivity contribution >= 4 is 59.3 Å².